The minimum atomic E-state index is -4.70. The summed E-state index contributed by atoms with van der Waals surface area (Å²) in [4.78, 5) is 0. The van der Waals surface area contributed by atoms with Gasteiger partial charge >= 0.3 is 6.36 Å². The molecule has 2 rings (SSSR count). The normalized spacial score (nSPS) is 11.4. The monoisotopic (exact) mass is 289 g/mol. The number of alkyl halides is 3. The number of hydrogen-bond donors (Lipinski definition) is 1. The van der Waals surface area contributed by atoms with Crippen molar-refractivity contribution in [1.29, 1.82) is 0 Å². The average Bonchev–Trinajstić information content (AvgIpc) is 2.76. The summed E-state index contributed by atoms with van der Waals surface area (Å²) >= 11 is 1.27. The fourth-order valence-electron chi connectivity index (χ4n) is 1.39. The van der Waals surface area contributed by atoms with Gasteiger partial charge in [-0.2, -0.15) is 0 Å². The van der Waals surface area contributed by atoms with Crippen LogP contribution in [0.1, 0.15) is 6.92 Å². The number of aromatic nitrogens is 2. The summed E-state index contributed by atoms with van der Waals surface area (Å²) in [7, 11) is 0. The van der Waals surface area contributed by atoms with Crippen molar-refractivity contribution in [3.63, 3.8) is 0 Å². The second-order valence-electron chi connectivity index (χ2n) is 3.52. The van der Waals surface area contributed by atoms with Gasteiger partial charge in [-0.25, -0.2) is 0 Å². The highest BCUT2D eigenvalue weighted by atomic mass is 32.1. The van der Waals surface area contributed by atoms with Gasteiger partial charge in [-0.1, -0.05) is 23.5 Å². The van der Waals surface area contributed by atoms with E-state index in [0.29, 0.717) is 22.2 Å². The van der Waals surface area contributed by atoms with Crippen molar-refractivity contribution in [1.82, 2.24) is 10.2 Å². The smallest absolute Gasteiger partial charge is 0.406 e. The summed E-state index contributed by atoms with van der Waals surface area (Å²) in [5, 5.41) is 11.9. The molecule has 0 saturated carbocycles. The molecule has 1 heterocycles. The minimum Gasteiger partial charge on any atom is -0.406 e. The molecule has 0 spiro atoms. The van der Waals surface area contributed by atoms with E-state index in [2.05, 4.69) is 20.3 Å². The molecule has 4 nitrogen and oxygen atoms in total. The van der Waals surface area contributed by atoms with E-state index < -0.39 is 6.36 Å². The summed E-state index contributed by atoms with van der Waals surface area (Å²) in [6, 6.07) is 5.65. The van der Waals surface area contributed by atoms with Gasteiger partial charge in [-0.3, -0.25) is 0 Å². The number of nitrogens with zero attached hydrogens (tertiary/aromatic N) is 2. The Bertz CT molecular complexity index is 556. The average molecular weight is 289 g/mol. The first-order chi connectivity index (χ1) is 8.98. The molecular weight excluding hydrogens is 279 g/mol. The molecule has 1 N–H and O–H groups in total. The van der Waals surface area contributed by atoms with E-state index in [0.717, 1.165) is 0 Å². The summed E-state index contributed by atoms with van der Waals surface area (Å²) < 4.78 is 40.2. The highest BCUT2D eigenvalue weighted by molar-refractivity contribution is 7.18. The highest BCUT2D eigenvalue weighted by Crippen LogP contribution is 2.30. The van der Waals surface area contributed by atoms with Gasteiger partial charge in [0.2, 0.25) is 5.13 Å². The fourth-order valence-corrected chi connectivity index (χ4v) is 2.20. The Labute approximate surface area is 111 Å². The second kappa shape index (κ2) is 5.43. The third-order valence-corrected chi connectivity index (χ3v) is 3.00. The molecule has 1 aromatic carbocycles. The number of benzene rings is 1. The van der Waals surface area contributed by atoms with Crippen molar-refractivity contribution in [2.75, 3.05) is 11.9 Å². The summed E-state index contributed by atoms with van der Waals surface area (Å²) in [6.45, 7) is 2.62. The third kappa shape index (κ3) is 3.82. The minimum absolute atomic E-state index is 0.273. The SMILES string of the molecule is CCNc1nnc(-c2cccc(OC(F)(F)F)c2)s1. The van der Waals surface area contributed by atoms with Crippen LogP contribution >= 0.6 is 11.3 Å². The first-order valence-corrected chi connectivity index (χ1v) is 6.23. The van der Waals surface area contributed by atoms with E-state index in [9.17, 15) is 13.2 Å². The van der Waals surface area contributed by atoms with Crippen LogP contribution in [0.25, 0.3) is 10.6 Å². The van der Waals surface area contributed by atoms with Crippen LogP contribution in [0.5, 0.6) is 5.75 Å². The lowest BCUT2D eigenvalue weighted by Crippen LogP contribution is -2.17. The van der Waals surface area contributed by atoms with Crippen LogP contribution in [0.3, 0.4) is 0 Å². The molecule has 0 unspecified atom stereocenters. The zero-order valence-electron chi connectivity index (χ0n) is 9.86. The second-order valence-corrected chi connectivity index (χ2v) is 4.50. The lowest BCUT2D eigenvalue weighted by molar-refractivity contribution is -0.274. The molecule has 19 heavy (non-hydrogen) atoms. The first-order valence-electron chi connectivity index (χ1n) is 5.41. The van der Waals surface area contributed by atoms with Crippen LogP contribution in [0.2, 0.25) is 0 Å². The predicted octanol–water partition coefficient (Wildman–Crippen LogP) is 3.54. The maximum Gasteiger partial charge on any atom is 0.573 e. The Kier molecular flexibility index (Phi) is 3.89. The molecule has 8 heteroatoms. The van der Waals surface area contributed by atoms with Gasteiger partial charge in [0.25, 0.3) is 0 Å². The van der Waals surface area contributed by atoms with Crippen LogP contribution in [-0.2, 0) is 0 Å². The molecule has 1 aromatic heterocycles. The molecule has 0 aliphatic carbocycles. The maximum atomic E-state index is 12.1. The summed E-state index contributed by atoms with van der Waals surface area (Å²) in [6.07, 6.45) is -4.70. The first kappa shape index (κ1) is 13.6. The van der Waals surface area contributed by atoms with Crippen LogP contribution < -0.4 is 10.1 Å². The Hall–Kier alpha value is -1.83. The molecule has 0 aliphatic heterocycles. The molecular formula is C11H10F3N3OS. The lowest BCUT2D eigenvalue weighted by Gasteiger charge is -2.08. The lowest BCUT2D eigenvalue weighted by atomic mass is 10.2. The number of anilines is 1. The topological polar surface area (TPSA) is 47.0 Å². The summed E-state index contributed by atoms with van der Waals surface area (Å²) in [5.41, 5.74) is 0.531. The van der Waals surface area contributed by atoms with Gasteiger partial charge in [0.15, 0.2) is 0 Å². The van der Waals surface area contributed by atoms with Crippen molar-refractivity contribution >= 4 is 16.5 Å². The standard InChI is InChI=1S/C11H10F3N3OS/c1-2-15-10-17-16-9(19-10)7-4-3-5-8(6-7)18-11(12,13)14/h3-6H,2H2,1H3,(H,15,17). The van der Waals surface area contributed by atoms with Crippen molar-refractivity contribution < 1.29 is 17.9 Å². The fraction of sp³-hybridized carbons (Fsp3) is 0.273. The summed E-state index contributed by atoms with van der Waals surface area (Å²) in [5.74, 6) is -0.273. The molecule has 0 saturated heterocycles. The van der Waals surface area contributed by atoms with Crippen LogP contribution in [0, 0.1) is 0 Å². The Balaban J connectivity index is 2.22. The molecule has 0 aliphatic rings. The van der Waals surface area contributed by atoms with Gasteiger partial charge in [0.05, 0.1) is 0 Å². The predicted molar refractivity (Wildman–Crippen MR) is 66.2 cm³/mol. The van der Waals surface area contributed by atoms with Gasteiger partial charge in [0, 0.05) is 12.1 Å². The van der Waals surface area contributed by atoms with E-state index in [1.165, 1.54) is 29.5 Å². The molecule has 0 bridgehead atoms. The van der Waals surface area contributed by atoms with Crippen LogP contribution in [0.15, 0.2) is 24.3 Å². The highest BCUT2D eigenvalue weighted by Gasteiger charge is 2.31. The third-order valence-electron chi connectivity index (χ3n) is 2.07. The molecule has 0 fully saturated rings. The molecule has 2 aromatic rings. The molecule has 0 atom stereocenters. The largest absolute Gasteiger partial charge is 0.573 e. The van der Waals surface area contributed by atoms with Crippen molar-refractivity contribution in [3.05, 3.63) is 24.3 Å². The number of rotatable bonds is 4. The van der Waals surface area contributed by atoms with E-state index >= 15 is 0 Å². The molecule has 0 amide bonds. The van der Waals surface area contributed by atoms with Crippen molar-refractivity contribution in [3.8, 4) is 16.3 Å². The maximum absolute atomic E-state index is 12.1. The van der Waals surface area contributed by atoms with Crippen LogP contribution in [0.4, 0.5) is 18.3 Å². The van der Waals surface area contributed by atoms with E-state index in [1.54, 1.807) is 6.07 Å². The van der Waals surface area contributed by atoms with Gasteiger partial charge in [0.1, 0.15) is 10.8 Å². The van der Waals surface area contributed by atoms with Crippen molar-refractivity contribution in [2.24, 2.45) is 0 Å². The number of nitrogens with one attached hydrogen (secondary N) is 1. The Morgan fingerprint density at radius 3 is 2.79 bits per heavy atom. The Morgan fingerprint density at radius 2 is 2.11 bits per heavy atom. The number of hydrogen-bond acceptors (Lipinski definition) is 5. The number of ether oxygens (including phenoxy) is 1. The van der Waals surface area contributed by atoms with E-state index in [-0.39, 0.29) is 5.75 Å². The van der Waals surface area contributed by atoms with Gasteiger partial charge in [-0.15, -0.1) is 23.4 Å². The molecule has 102 valence electrons. The van der Waals surface area contributed by atoms with Crippen LogP contribution in [-0.4, -0.2) is 23.1 Å². The molecule has 0 radical (unpaired) electrons. The zero-order valence-corrected chi connectivity index (χ0v) is 10.7. The van der Waals surface area contributed by atoms with Gasteiger partial charge < -0.3 is 10.1 Å². The van der Waals surface area contributed by atoms with E-state index in [4.69, 9.17) is 0 Å². The number of halogens is 3. The van der Waals surface area contributed by atoms with Gasteiger partial charge in [-0.05, 0) is 19.1 Å². The van der Waals surface area contributed by atoms with E-state index in [1.807, 2.05) is 6.92 Å². The zero-order chi connectivity index (χ0) is 13.9. The quantitative estimate of drug-likeness (QED) is 0.935. The van der Waals surface area contributed by atoms with Crippen molar-refractivity contribution in [2.45, 2.75) is 13.3 Å². The Morgan fingerprint density at radius 1 is 1.32 bits per heavy atom.